The normalized spacial score (nSPS) is 15.8. The molecule has 1 aromatic rings. The Bertz CT molecular complexity index is 823. The molecule has 9 nitrogen and oxygen atoms in total. The van der Waals surface area contributed by atoms with Gasteiger partial charge in [-0.1, -0.05) is 18.2 Å². The standard InChI is InChI=1S/C16H15N3O5.C2H6O/c1-9-14(19(21)22)13(12-7-5-4-6-11(12)8-17)15(10(2)18-9)24-16(20)23-3;1-2-3/h4-7,13,18H,1-3H3;3H,2H2,1H3. The van der Waals surface area contributed by atoms with E-state index in [9.17, 15) is 20.2 Å². The average Bonchev–Trinajstić information content (AvgIpc) is 2.63. The summed E-state index contributed by atoms with van der Waals surface area (Å²) in [5.74, 6) is -0.974. The largest absolute Gasteiger partial charge is 0.513 e. The number of rotatable bonds is 3. The number of ether oxygens (including phenoxy) is 2. The second-order valence-electron chi connectivity index (χ2n) is 5.39. The van der Waals surface area contributed by atoms with Gasteiger partial charge >= 0.3 is 6.16 Å². The number of carbonyl (C=O) groups excluding carboxylic acids is 1. The Morgan fingerprint density at radius 3 is 2.48 bits per heavy atom. The average molecular weight is 375 g/mol. The van der Waals surface area contributed by atoms with E-state index in [0.29, 0.717) is 17.0 Å². The van der Waals surface area contributed by atoms with Gasteiger partial charge in [0.1, 0.15) is 11.7 Å². The van der Waals surface area contributed by atoms with Crippen LogP contribution in [0.2, 0.25) is 0 Å². The zero-order valence-electron chi connectivity index (χ0n) is 15.5. The Balaban J connectivity index is 0.00000114. The topological polar surface area (TPSA) is 135 Å². The summed E-state index contributed by atoms with van der Waals surface area (Å²) in [5, 5.41) is 31.3. The summed E-state index contributed by atoms with van der Waals surface area (Å²) in [6.45, 7) is 5.11. The molecule has 0 saturated heterocycles. The van der Waals surface area contributed by atoms with Gasteiger partial charge in [0, 0.05) is 6.61 Å². The highest BCUT2D eigenvalue weighted by Crippen LogP contribution is 2.40. The van der Waals surface area contributed by atoms with E-state index >= 15 is 0 Å². The van der Waals surface area contributed by atoms with Crippen LogP contribution in [0.25, 0.3) is 0 Å². The number of aliphatic hydroxyl groups is 1. The first-order valence-corrected chi connectivity index (χ1v) is 8.00. The molecule has 2 N–H and O–H groups in total. The Morgan fingerprint density at radius 2 is 1.96 bits per heavy atom. The van der Waals surface area contributed by atoms with E-state index in [-0.39, 0.29) is 23.6 Å². The maximum absolute atomic E-state index is 11.6. The molecule has 1 atom stereocenters. The fourth-order valence-corrected chi connectivity index (χ4v) is 2.61. The van der Waals surface area contributed by atoms with Gasteiger partial charge in [0.2, 0.25) is 0 Å². The van der Waals surface area contributed by atoms with E-state index < -0.39 is 17.0 Å². The van der Waals surface area contributed by atoms with Crippen molar-refractivity contribution in [2.24, 2.45) is 0 Å². The molecule has 1 aliphatic rings. The minimum Gasteiger partial charge on any atom is -0.437 e. The van der Waals surface area contributed by atoms with Crippen molar-refractivity contribution in [2.45, 2.75) is 26.7 Å². The lowest BCUT2D eigenvalue weighted by Gasteiger charge is -2.26. The van der Waals surface area contributed by atoms with Gasteiger partial charge in [-0.25, -0.2) is 4.79 Å². The molecular weight excluding hydrogens is 354 g/mol. The van der Waals surface area contributed by atoms with E-state index in [2.05, 4.69) is 10.1 Å². The zero-order chi connectivity index (χ0) is 20.6. The Labute approximate surface area is 156 Å². The van der Waals surface area contributed by atoms with Gasteiger partial charge in [-0.3, -0.25) is 10.1 Å². The highest BCUT2D eigenvalue weighted by Gasteiger charge is 2.40. The summed E-state index contributed by atoms with van der Waals surface area (Å²) in [5.41, 5.74) is 1.19. The van der Waals surface area contributed by atoms with Crippen LogP contribution in [0, 0.1) is 21.4 Å². The van der Waals surface area contributed by atoms with Crippen LogP contribution in [0.4, 0.5) is 4.79 Å². The predicted octanol–water partition coefficient (Wildman–Crippen LogP) is 2.77. The van der Waals surface area contributed by atoms with Gasteiger partial charge in [0.25, 0.3) is 5.70 Å². The second kappa shape index (κ2) is 9.94. The first-order chi connectivity index (χ1) is 12.8. The number of methoxy groups -OCH3 is 1. The van der Waals surface area contributed by atoms with Gasteiger partial charge in [0.05, 0.1) is 35.1 Å². The monoisotopic (exact) mass is 375 g/mol. The van der Waals surface area contributed by atoms with Crippen molar-refractivity contribution in [3.8, 4) is 6.07 Å². The van der Waals surface area contributed by atoms with Crippen molar-refractivity contribution in [3.05, 3.63) is 68.4 Å². The van der Waals surface area contributed by atoms with Crippen molar-refractivity contribution in [1.29, 1.82) is 5.26 Å². The van der Waals surface area contributed by atoms with Gasteiger partial charge in [-0.2, -0.15) is 5.26 Å². The molecule has 0 bridgehead atoms. The van der Waals surface area contributed by atoms with Crippen molar-refractivity contribution in [3.63, 3.8) is 0 Å². The summed E-state index contributed by atoms with van der Waals surface area (Å²) < 4.78 is 9.65. The number of benzene rings is 1. The quantitative estimate of drug-likeness (QED) is 0.468. The number of aliphatic hydroxyl groups excluding tert-OH is 1. The number of nitro groups is 1. The van der Waals surface area contributed by atoms with E-state index in [1.54, 1.807) is 45.0 Å². The van der Waals surface area contributed by atoms with Gasteiger partial charge < -0.3 is 19.9 Å². The van der Waals surface area contributed by atoms with Gasteiger partial charge in [-0.15, -0.1) is 0 Å². The summed E-state index contributed by atoms with van der Waals surface area (Å²) in [6.07, 6.45) is -0.993. The smallest absolute Gasteiger partial charge is 0.437 e. The number of nitrogens with zero attached hydrogens (tertiary/aromatic N) is 2. The first-order valence-electron chi connectivity index (χ1n) is 8.00. The molecule has 0 aliphatic carbocycles. The maximum atomic E-state index is 11.6. The molecule has 27 heavy (non-hydrogen) atoms. The van der Waals surface area contributed by atoms with Gasteiger partial charge in [-0.05, 0) is 32.4 Å². The third kappa shape index (κ3) is 5.05. The summed E-state index contributed by atoms with van der Waals surface area (Å²) >= 11 is 0. The second-order valence-corrected chi connectivity index (χ2v) is 5.39. The van der Waals surface area contributed by atoms with E-state index in [1.165, 1.54) is 0 Å². The highest BCUT2D eigenvalue weighted by atomic mass is 16.7. The van der Waals surface area contributed by atoms with Crippen LogP contribution in [0.1, 0.15) is 37.8 Å². The molecule has 1 heterocycles. The van der Waals surface area contributed by atoms with E-state index in [4.69, 9.17) is 9.84 Å². The zero-order valence-corrected chi connectivity index (χ0v) is 15.5. The third-order valence-corrected chi connectivity index (χ3v) is 3.61. The molecule has 1 aromatic carbocycles. The van der Waals surface area contributed by atoms with Crippen molar-refractivity contribution < 1.29 is 24.3 Å². The maximum Gasteiger partial charge on any atom is 0.513 e. The molecule has 2 rings (SSSR count). The molecule has 1 aliphatic heterocycles. The Hall–Kier alpha value is -3.38. The molecule has 0 amide bonds. The van der Waals surface area contributed by atoms with Crippen molar-refractivity contribution >= 4 is 6.16 Å². The number of hydrogen-bond acceptors (Lipinski definition) is 8. The SMILES string of the molecule is CCO.COC(=O)OC1=C(C)NC(C)=C([N+](=O)[O-])C1c1ccccc1C#N. The highest BCUT2D eigenvalue weighted by molar-refractivity contribution is 5.63. The van der Waals surface area contributed by atoms with Crippen LogP contribution >= 0.6 is 0 Å². The van der Waals surface area contributed by atoms with Crippen LogP contribution in [0.5, 0.6) is 0 Å². The Morgan fingerprint density at radius 1 is 1.37 bits per heavy atom. The van der Waals surface area contributed by atoms with Crippen LogP contribution in [-0.4, -0.2) is 29.9 Å². The van der Waals surface area contributed by atoms with Crippen LogP contribution in [-0.2, 0) is 9.47 Å². The van der Waals surface area contributed by atoms with E-state index in [1.807, 2.05) is 6.07 Å². The van der Waals surface area contributed by atoms with Crippen molar-refractivity contribution in [2.75, 3.05) is 13.7 Å². The fourth-order valence-electron chi connectivity index (χ4n) is 2.61. The minimum atomic E-state index is -1.00. The molecule has 0 fully saturated rings. The van der Waals surface area contributed by atoms with Crippen LogP contribution in [0.15, 0.2) is 47.1 Å². The molecule has 0 aromatic heterocycles. The van der Waals surface area contributed by atoms with Crippen LogP contribution < -0.4 is 5.32 Å². The number of nitrogens with one attached hydrogen (secondary N) is 1. The predicted molar refractivity (Wildman–Crippen MR) is 95.7 cm³/mol. The summed E-state index contributed by atoms with van der Waals surface area (Å²) in [7, 11) is 1.14. The lowest BCUT2D eigenvalue weighted by Crippen LogP contribution is -2.30. The van der Waals surface area contributed by atoms with Gasteiger partial charge in [0.15, 0.2) is 0 Å². The molecule has 144 valence electrons. The minimum absolute atomic E-state index is 0.0295. The van der Waals surface area contributed by atoms with E-state index in [0.717, 1.165) is 7.11 Å². The number of dihydropyridines is 1. The van der Waals surface area contributed by atoms with Crippen LogP contribution in [0.3, 0.4) is 0 Å². The summed E-state index contributed by atoms with van der Waals surface area (Å²) in [6, 6.07) is 8.48. The number of carbonyl (C=O) groups is 1. The Kier molecular flexibility index (Phi) is 7.97. The number of allylic oxidation sites excluding steroid dienone is 2. The number of nitriles is 1. The summed E-state index contributed by atoms with van der Waals surface area (Å²) in [4.78, 5) is 22.6. The third-order valence-electron chi connectivity index (χ3n) is 3.61. The molecule has 0 saturated carbocycles. The van der Waals surface area contributed by atoms with Crippen molar-refractivity contribution in [1.82, 2.24) is 5.32 Å². The lowest BCUT2D eigenvalue weighted by atomic mass is 9.87. The molecular formula is C18H21N3O6. The number of hydrogen-bond donors (Lipinski definition) is 2. The molecule has 9 heteroatoms. The fraction of sp³-hybridized carbons (Fsp3) is 0.333. The molecule has 0 radical (unpaired) electrons. The molecule has 1 unspecified atom stereocenters. The first kappa shape index (κ1) is 21.7. The molecule has 0 spiro atoms. The lowest BCUT2D eigenvalue weighted by molar-refractivity contribution is -0.431.